The first-order valence-electron chi connectivity index (χ1n) is 7.32. The van der Waals surface area contributed by atoms with Crippen LogP contribution in [0.25, 0.3) is 9.88 Å². The van der Waals surface area contributed by atoms with E-state index in [1.165, 1.54) is 22.7 Å². The Morgan fingerprint density at radius 2 is 2.05 bits per heavy atom. The monoisotopic (exact) mass is 355 g/mol. The summed E-state index contributed by atoms with van der Waals surface area (Å²) >= 11 is 8.87. The number of aryl methyl sites for hydroxylation is 1. The molecule has 2 heterocycles. The molecule has 0 bridgehead atoms. The van der Waals surface area contributed by atoms with Gasteiger partial charge in [0.15, 0.2) is 0 Å². The molecule has 22 heavy (non-hydrogen) atoms. The van der Waals surface area contributed by atoms with E-state index < -0.39 is 0 Å². The van der Waals surface area contributed by atoms with E-state index in [2.05, 4.69) is 10.3 Å². The molecule has 0 spiro atoms. The second kappa shape index (κ2) is 6.66. The van der Waals surface area contributed by atoms with Crippen LogP contribution < -0.4 is 11.1 Å². The fourth-order valence-corrected chi connectivity index (χ4v) is 4.72. The summed E-state index contributed by atoms with van der Waals surface area (Å²) in [6.07, 6.45) is 3.87. The van der Waals surface area contributed by atoms with Gasteiger partial charge in [-0.1, -0.05) is 11.6 Å². The van der Waals surface area contributed by atoms with Gasteiger partial charge in [-0.25, -0.2) is 4.98 Å². The number of aromatic nitrogens is 1. The van der Waals surface area contributed by atoms with Crippen LogP contribution in [0.2, 0.25) is 4.34 Å². The molecule has 0 aliphatic heterocycles. The van der Waals surface area contributed by atoms with Crippen molar-refractivity contribution in [2.75, 3.05) is 0 Å². The maximum absolute atomic E-state index is 12.5. The topological polar surface area (TPSA) is 68.0 Å². The van der Waals surface area contributed by atoms with Crippen molar-refractivity contribution >= 4 is 40.2 Å². The Morgan fingerprint density at radius 1 is 1.32 bits per heavy atom. The third-order valence-corrected chi connectivity index (χ3v) is 6.45. The van der Waals surface area contributed by atoms with Gasteiger partial charge in [-0.2, -0.15) is 0 Å². The molecular formula is C15H18ClN3OS2. The largest absolute Gasteiger partial charge is 0.349 e. The fourth-order valence-electron chi connectivity index (χ4n) is 2.66. The summed E-state index contributed by atoms with van der Waals surface area (Å²) in [7, 11) is 0. The molecule has 1 aliphatic carbocycles. The molecule has 0 aromatic carbocycles. The Balaban J connectivity index is 1.71. The Morgan fingerprint density at radius 3 is 2.68 bits per heavy atom. The lowest BCUT2D eigenvalue weighted by atomic mass is 9.92. The summed E-state index contributed by atoms with van der Waals surface area (Å²) in [5.74, 6) is -0.0237. The standard InChI is InChI=1S/C15H18ClN3OS2/c1-8-13(14(20)19-10-4-2-9(17)3-5-10)22-15(18-8)11-6-7-12(16)21-11/h6-7,9-10H,2-5,17H2,1H3,(H,19,20). The molecule has 3 rings (SSSR count). The number of carbonyl (C=O) groups excluding carboxylic acids is 1. The minimum atomic E-state index is -0.0237. The summed E-state index contributed by atoms with van der Waals surface area (Å²) in [6.45, 7) is 1.88. The van der Waals surface area contributed by atoms with Crippen molar-refractivity contribution in [2.45, 2.75) is 44.7 Å². The summed E-state index contributed by atoms with van der Waals surface area (Å²) in [4.78, 5) is 18.7. The van der Waals surface area contributed by atoms with Gasteiger partial charge in [-0.05, 0) is 44.7 Å². The first-order valence-corrected chi connectivity index (χ1v) is 9.33. The number of hydrogen-bond acceptors (Lipinski definition) is 5. The summed E-state index contributed by atoms with van der Waals surface area (Å²) in [5, 5.41) is 3.97. The molecule has 1 amide bonds. The van der Waals surface area contributed by atoms with Gasteiger partial charge in [-0.3, -0.25) is 4.79 Å². The van der Waals surface area contributed by atoms with Gasteiger partial charge >= 0.3 is 0 Å². The number of thiophene rings is 1. The lowest BCUT2D eigenvalue weighted by Gasteiger charge is -2.26. The average Bonchev–Trinajstić information content (AvgIpc) is 3.07. The number of nitrogens with two attached hydrogens (primary N) is 1. The second-order valence-electron chi connectivity index (χ2n) is 5.62. The lowest BCUT2D eigenvalue weighted by molar-refractivity contribution is 0.0929. The zero-order chi connectivity index (χ0) is 15.7. The van der Waals surface area contributed by atoms with E-state index in [4.69, 9.17) is 17.3 Å². The highest BCUT2D eigenvalue weighted by molar-refractivity contribution is 7.24. The highest BCUT2D eigenvalue weighted by Gasteiger charge is 2.23. The minimum absolute atomic E-state index is 0.0237. The molecule has 2 aromatic heterocycles. The van der Waals surface area contributed by atoms with E-state index >= 15 is 0 Å². The summed E-state index contributed by atoms with van der Waals surface area (Å²) in [6, 6.07) is 4.31. The molecule has 0 unspecified atom stereocenters. The number of carbonyl (C=O) groups is 1. The molecule has 0 radical (unpaired) electrons. The third-order valence-electron chi connectivity index (χ3n) is 3.89. The molecule has 1 saturated carbocycles. The van der Waals surface area contributed by atoms with Crippen molar-refractivity contribution < 1.29 is 4.79 Å². The maximum atomic E-state index is 12.5. The van der Waals surface area contributed by atoms with E-state index in [0.717, 1.165) is 45.6 Å². The minimum Gasteiger partial charge on any atom is -0.349 e. The first kappa shape index (κ1) is 15.9. The fraction of sp³-hybridized carbons (Fsp3) is 0.467. The lowest BCUT2D eigenvalue weighted by Crippen LogP contribution is -2.40. The van der Waals surface area contributed by atoms with Crippen molar-refractivity contribution in [3.05, 3.63) is 27.0 Å². The molecule has 3 N–H and O–H groups in total. The van der Waals surface area contributed by atoms with Gasteiger partial charge in [0.1, 0.15) is 9.88 Å². The Bertz CT molecular complexity index is 674. The number of thiazole rings is 1. The number of amides is 1. The molecule has 1 aliphatic rings. The van der Waals surface area contributed by atoms with Crippen LogP contribution in [-0.2, 0) is 0 Å². The Labute approximate surface area is 142 Å². The van der Waals surface area contributed by atoms with Crippen LogP contribution in [0.1, 0.15) is 41.0 Å². The van der Waals surface area contributed by atoms with Crippen LogP contribution in [0.3, 0.4) is 0 Å². The summed E-state index contributed by atoms with van der Waals surface area (Å²) in [5.41, 5.74) is 6.68. The van der Waals surface area contributed by atoms with E-state index in [9.17, 15) is 4.79 Å². The van der Waals surface area contributed by atoms with Gasteiger partial charge < -0.3 is 11.1 Å². The predicted molar refractivity (Wildman–Crippen MR) is 92.9 cm³/mol. The maximum Gasteiger partial charge on any atom is 0.263 e. The number of hydrogen-bond donors (Lipinski definition) is 2. The number of halogens is 1. The predicted octanol–water partition coefficient (Wildman–Crippen LogP) is 3.83. The third kappa shape index (κ3) is 3.51. The molecular weight excluding hydrogens is 338 g/mol. The van der Waals surface area contributed by atoms with Crippen LogP contribution in [0.4, 0.5) is 0 Å². The average molecular weight is 356 g/mol. The SMILES string of the molecule is Cc1nc(-c2ccc(Cl)s2)sc1C(=O)NC1CCC(N)CC1. The van der Waals surface area contributed by atoms with Gasteiger partial charge in [0, 0.05) is 12.1 Å². The Hall–Kier alpha value is -0.950. The highest BCUT2D eigenvalue weighted by atomic mass is 35.5. The molecule has 2 aromatic rings. The second-order valence-corrected chi connectivity index (χ2v) is 8.34. The van der Waals surface area contributed by atoms with E-state index in [1.54, 1.807) is 0 Å². The number of nitrogens with zero attached hydrogens (tertiary/aromatic N) is 1. The number of rotatable bonds is 3. The molecule has 4 nitrogen and oxygen atoms in total. The van der Waals surface area contributed by atoms with E-state index in [-0.39, 0.29) is 18.0 Å². The van der Waals surface area contributed by atoms with E-state index in [1.807, 2.05) is 19.1 Å². The van der Waals surface area contributed by atoms with Gasteiger partial charge in [-0.15, -0.1) is 22.7 Å². The van der Waals surface area contributed by atoms with Crippen LogP contribution in [0, 0.1) is 6.92 Å². The van der Waals surface area contributed by atoms with E-state index in [0.29, 0.717) is 4.88 Å². The number of nitrogens with one attached hydrogen (secondary N) is 1. The molecule has 118 valence electrons. The smallest absolute Gasteiger partial charge is 0.263 e. The van der Waals surface area contributed by atoms with Crippen LogP contribution in [0.15, 0.2) is 12.1 Å². The van der Waals surface area contributed by atoms with Crippen molar-refractivity contribution in [3.63, 3.8) is 0 Å². The first-order chi connectivity index (χ1) is 10.5. The van der Waals surface area contributed by atoms with Gasteiger partial charge in [0.2, 0.25) is 0 Å². The van der Waals surface area contributed by atoms with Crippen molar-refractivity contribution in [2.24, 2.45) is 5.73 Å². The zero-order valence-electron chi connectivity index (χ0n) is 12.3. The molecule has 7 heteroatoms. The van der Waals surface area contributed by atoms with Crippen molar-refractivity contribution in [3.8, 4) is 9.88 Å². The molecule has 0 saturated heterocycles. The molecule has 0 atom stereocenters. The van der Waals surface area contributed by atoms with Crippen LogP contribution in [-0.4, -0.2) is 23.0 Å². The van der Waals surface area contributed by atoms with Crippen LogP contribution in [0.5, 0.6) is 0 Å². The normalized spacial score (nSPS) is 21.8. The van der Waals surface area contributed by atoms with Crippen molar-refractivity contribution in [1.82, 2.24) is 10.3 Å². The summed E-state index contributed by atoms with van der Waals surface area (Å²) < 4.78 is 0.729. The van der Waals surface area contributed by atoms with Gasteiger partial charge in [0.25, 0.3) is 5.91 Å². The van der Waals surface area contributed by atoms with Crippen LogP contribution >= 0.6 is 34.3 Å². The van der Waals surface area contributed by atoms with Crippen molar-refractivity contribution in [1.29, 1.82) is 0 Å². The quantitative estimate of drug-likeness (QED) is 0.879. The Kier molecular flexibility index (Phi) is 4.82. The molecule has 1 fully saturated rings. The zero-order valence-corrected chi connectivity index (χ0v) is 14.7. The van der Waals surface area contributed by atoms with Gasteiger partial charge in [0.05, 0.1) is 14.9 Å². The highest BCUT2D eigenvalue weighted by Crippen LogP contribution is 2.35.